The summed E-state index contributed by atoms with van der Waals surface area (Å²) in [6.45, 7) is 14.0. The molecule has 0 radical (unpaired) electrons. The zero-order chi connectivity index (χ0) is 15.2. The van der Waals surface area contributed by atoms with Gasteiger partial charge in [0.05, 0.1) is 0 Å². The molecular formula is C14H27N5O. The summed E-state index contributed by atoms with van der Waals surface area (Å²) in [5.74, 6) is 7.29. The standard InChI is InChI=1S/C14H27N5O/c1-6-19(7-2)8-9-20-12-10-11(18-15)16-13(17-12)14(3,4)5/h10H,6-9,15H2,1-5H3,(H,16,17,18). The van der Waals surface area contributed by atoms with Crippen LogP contribution in [0, 0.1) is 0 Å². The number of nitrogens with two attached hydrogens (primary N) is 1. The summed E-state index contributed by atoms with van der Waals surface area (Å²) in [4.78, 5) is 11.1. The van der Waals surface area contributed by atoms with Crippen molar-refractivity contribution in [3.63, 3.8) is 0 Å². The second kappa shape index (κ2) is 7.40. The number of anilines is 1. The van der Waals surface area contributed by atoms with Gasteiger partial charge in [-0.05, 0) is 13.1 Å². The zero-order valence-electron chi connectivity index (χ0n) is 13.2. The van der Waals surface area contributed by atoms with Gasteiger partial charge >= 0.3 is 0 Å². The van der Waals surface area contributed by atoms with Gasteiger partial charge in [0, 0.05) is 18.0 Å². The summed E-state index contributed by atoms with van der Waals surface area (Å²) < 4.78 is 5.73. The molecule has 0 amide bonds. The maximum absolute atomic E-state index is 5.73. The van der Waals surface area contributed by atoms with Gasteiger partial charge in [0.15, 0.2) is 0 Å². The molecule has 0 bridgehead atoms. The fourth-order valence-corrected chi connectivity index (χ4v) is 1.73. The molecule has 1 aromatic heterocycles. The van der Waals surface area contributed by atoms with Crippen LogP contribution in [0.2, 0.25) is 0 Å². The number of nitrogens with zero attached hydrogens (tertiary/aromatic N) is 3. The highest BCUT2D eigenvalue weighted by Crippen LogP contribution is 2.22. The minimum Gasteiger partial charge on any atom is -0.476 e. The van der Waals surface area contributed by atoms with Gasteiger partial charge in [-0.3, -0.25) is 0 Å². The molecule has 0 aliphatic heterocycles. The minimum absolute atomic E-state index is 0.149. The van der Waals surface area contributed by atoms with Gasteiger partial charge in [0.1, 0.15) is 18.2 Å². The van der Waals surface area contributed by atoms with Gasteiger partial charge in [-0.15, -0.1) is 0 Å². The zero-order valence-corrected chi connectivity index (χ0v) is 13.2. The third-order valence-corrected chi connectivity index (χ3v) is 3.07. The minimum atomic E-state index is -0.149. The van der Waals surface area contributed by atoms with Crippen molar-refractivity contribution in [3.05, 3.63) is 11.9 Å². The van der Waals surface area contributed by atoms with Gasteiger partial charge in [0.2, 0.25) is 5.88 Å². The molecular weight excluding hydrogens is 254 g/mol. The lowest BCUT2D eigenvalue weighted by Gasteiger charge is -2.20. The molecule has 0 aromatic carbocycles. The Labute approximate surface area is 121 Å². The van der Waals surface area contributed by atoms with Crippen LogP contribution < -0.4 is 16.0 Å². The van der Waals surface area contributed by atoms with Crippen molar-refractivity contribution in [1.29, 1.82) is 0 Å². The number of ether oxygens (including phenoxy) is 1. The van der Waals surface area contributed by atoms with E-state index in [2.05, 4.69) is 54.9 Å². The Morgan fingerprint density at radius 1 is 1.25 bits per heavy atom. The van der Waals surface area contributed by atoms with Gasteiger partial charge in [-0.2, -0.15) is 4.98 Å². The number of nitrogen functional groups attached to an aromatic ring is 1. The molecule has 0 spiro atoms. The van der Waals surface area contributed by atoms with E-state index in [1.54, 1.807) is 6.07 Å². The van der Waals surface area contributed by atoms with Crippen LogP contribution in [0.15, 0.2) is 6.07 Å². The van der Waals surface area contributed by atoms with Crippen LogP contribution in [0.4, 0.5) is 5.82 Å². The number of nitrogens with one attached hydrogen (secondary N) is 1. The fraction of sp³-hybridized carbons (Fsp3) is 0.714. The van der Waals surface area contributed by atoms with Crippen molar-refractivity contribution >= 4 is 5.82 Å². The molecule has 6 nitrogen and oxygen atoms in total. The van der Waals surface area contributed by atoms with Crippen LogP contribution in [-0.2, 0) is 5.41 Å². The van der Waals surface area contributed by atoms with E-state index < -0.39 is 0 Å². The fourth-order valence-electron chi connectivity index (χ4n) is 1.73. The van der Waals surface area contributed by atoms with Crippen molar-refractivity contribution in [1.82, 2.24) is 14.9 Å². The number of hydrazine groups is 1. The number of aromatic nitrogens is 2. The smallest absolute Gasteiger partial charge is 0.218 e. The molecule has 0 fully saturated rings. The highest BCUT2D eigenvalue weighted by molar-refractivity contribution is 5.37. The predicted molar refractivity (Wildman–Crippen MR) is 81.8 cm³/mol. The molecule has 1 heterocycles. The van der Waals surface area contributed by atoms with E-state index in [4.69, 9.17) is 10.6 Å². The molecule has 0 saturated heterocycles. The molecule has 20 heavy (non-hydrogen) atoms. The number of hydrogen-bond donors (Lipinski definition) is 2. The predicted octanol–water partition coefficient (Wildman–Crippen LogP) is 1.78. The third-order valence-electron chi connectivity index (χ3n) is 3.07. The van der Waals surface area contributed by atoms with Crippen LogP contribution in [0.25, 0.3) is 0 Å². The van der Waals surface area contributed by atoms with E-state index in [1.807, 2.05) is 0 Å². The lowest BCUT2D eigenvalue weighted by atomic mass is 9.96. The van der Waals surface area contributed by atoms with E-state index >= 15 is 0 Å². The summed E-state index contributed by atoms with van der Waals surface area (Å²) in [7, 11) is 0. The van der Waals surface area contributed by atoms with Crippen molar-refractivity contribution in [2.75, 3.05) is 31.7 Å². The van der Waals surface area contributed by atoms with Crippen molar-refractivity contribution < 1.29 is 4.74 Å². The molecule has 0 unspecified atom stereocenters. The molecule has 0 saturated carbocycles. The summed E-state index contributed by atoms with van der Waals surface area (Å²) >= 11 is 0. The summed E-state index contributed by atoms with van der Waals surface area (Å²) in [6.07, 6.45) is 0. The van der Waals surface area contributed by atoms with Crippen LogP contribution in [0.5, 0.6) is 5.88 Å². The number of hydrogen-bond acceptors (Lipinski definition) is 6. The lowest BCUT2D eigenvalue weighted by molar-refractivity contribution is 0.217. The Bertz CT molecular complexity index is 413. The van der Waals surface area contributed by atoms with Crippen LogP contribution in [-0.4, -0.2) is 41.1 Å². The first-order valence-electron chi connectivity index (χ1n) is 7.12. The number of rotatable bonds is 7. The first kappa shape index (κ1) is 16.7. The molecule has 1 aromatic rings. The second-order valence-electron chi connectivity index (χ2n) is 5.68. The van der Waals surface area contributed by atoms with Crippen LogP contribution in [0.1, 0.15) is 40.4 Å². The largest absolute Gasteiger partial charge is 0.476 e. The van der Waals surface area contributed by atoms with Crippen molar-refractivity contribution in [3.8, 4) is 5.88 Å². The van der Waals surface area contributed by atoms with Gasteiger partial charge in [0.25, 0.3) is 0 Å². The Balaban J connectivity index is 2.74. The maximum Gasteiger partial charge on any atom is 0.218 e. The average Bonchev–Trinajstić information content (AvgIpc) is 2.42. The van der Waals surface area contributed by atoms with Crippen LogP contribution in [0.3, 0.4) is 0 Å². The molecule has 0 aliphatic carbocycles. The third kappa shape index (κ3) is 4.94. The van der Waals surface area contributed by atoms with E-state index in [0.29, 0.717) is 24.1 Å². The van der Waals surface area contributed by atoms with Crippen molar-refractivity contribution in [2.24, 2.45) is 5.84 Å². The SMILES string of the molecule is CCN(CC)CCOc1cc(NN)nc(C(C)(C)C)n1. The number of likely N-dealkylation sites (N-methyl/N-ethyl adjacent to an activating group) is 1. The second-order valence-corrected chi connectivity index (χ2v) is 5.68. The molecule has 0 aliphatic rings. The summed E-state index contributed by atoms with van der Waals surface area (Å²) in [5, 5.41) is 0. The average molecular weight is 281 g/mol. The van der Waals surface area contributed by atoms with Gasteiger partial charge < -0.3 is 15.1 Å². The Morgan fingerprint density at radius 2 is 1.90 bits per heavy atom. The van der Waals surface area contributed by atoms with Crippen LogP contribution >= 0.6 is 0 Å². The normalized spacial score (nSPS) is 11.8. The topological polar surface area (TPSA) is 76.3 Å². The van der Waals surface area contributed by atoms with Gasteiger partial charge in [-0.25, -0.2) is 10.8 Å². The first-order valence-corrected chi connectivity index (χ1v) is 7.12. The summed E-state index contributed by atoms with van der Waals surface area (Å²) in [6, 6.07) is 1.72. The molecule has 3 N–H and O–H groups in total. The highest BCUT2D eigenvalue weighted by atomic mass is 16.5. The summed E-state index contributed by atoms with van der Waals surface area (Å²) in [5.41, 5.74) is 2.41. The molecule has 1 rings (SSSR count). The van der Waals surface area contributed by atoms with E-state index in [9.17, 15) is 0 Å². The highest BCUT2D eigenvalue weighted by Gasteiger charge is 2.19. The first-order chi connectivity index (χ1) is 9.40. The van der Waals surface area contributed by atoms with E-state index in [1.165, 1.54) is 0 Å². The maximum atomic E-state index is 5.73. The molecule has 114 valence electrons. The quantitative estimate of drug-likeness (QED) is 0.586. The van der Waals surface area contributed by atoms with E-state index in [0.717, 1.165) is 19.6 Å². The molecule has 0 atom stereocenters. The van der Waals surface area contributed by atoms with Gasteiger partial charge in [-0.1, -0.05) is 34.6 Å². The Morgan fingerprint density at radius 3 is 2.40 bits per heavy atom. The van der Waals surface area contributed by atoms with E-state index in [-0.39, 0.29) is 5.41 Å². The Hall–Kier alpha value is -1.40. The molecule has 6 heteroatoms. The lowest BCUT2D eigenvalue weighted by Crippen LogP contribution is -2.28. The monoisotopic (exact) mass is 281 g/mol. The Kier molecular flexibility index (Phi) is 6.16. The van der Waals surface area contributed by atoms with Crippen molar-refractivity contribution in [2.45, 2.75) is 40.0 Å².